The molecule has 8 heteroatoms. The Morgan fingerprint density at radius 3 is 2.44 bits per heavy atom. The van der Waals surface area contributed by atoms with Crippen molar-refractivity contribution in [3.63, 3.8) is 0 Å². The number of thiol groups is 1. The summed E-state index contributed by atoms with van der Waals surface area (Å²) >= 11 is 3.78. The molecule has 32 heavy (non-hydrogen) atoms. The van der Waals surface area contributed by atoms with Gasteiger partial charge in [-0.15, -0.1) is 12.6 Å². The zero-order chi connectivity index (χ0) is 23.5. The molecule has 1 aromatic carbocycles. The average molecular weight is 475 g/mol. The van der Waals surface area contributed by atoms with Crippen LogP contribution in [0.3, 0.4) is 0 Å². The molecular formula is C24H27F5O2S. The van der Waals surface area contributed by atoms with Crippen LogP contribution in [0.1, 0.15) is 51.0 Å². The highest BCUT2D eigenvalue weighted by Crippen LogP contribution is 2.53. The van der Waals surface area contributed by atoms with Gasteiger partial charge >= 0.3 is 12.5 Å². The maximum Gasteiger partial charge on any atom is 0.461 e. The lowest BCUT2D eigenvalue weighted by molar-refractivity contribution is -0.253. The number of rotatable bonds is 8. The van der Waals surface area contributed by atoms with Crippen LogP contribution in [0.25, 0.3) is 0 Å². The fraction of sp³-hybridized carbons (Fsp3) is 0.542. The summed E-state index contributed by atoms with van der Waals surface area (Å²) in [6, 6.07) is 5.48. The molecule has 2 unspecified atom stereocenters. The van der Waals surface area contributed by atoms with Crippen LogP contribution < -0.4 is 4.74 Å². The third-order valence-corrected chi connectivity index (χ3v) is 6.89. The number of allylic oxidation sites excluding steroid dienone is 4. The number of carbonyl (C=O) groups excluding carboxylic acids is 1. The van der Waals surface area contributed by atoms with Gasteiger partial charge in [0.2, 0.25) is 0 Å². The molecule has 3 rings (SSSR count). The largest absolute Gasteiger partial charge is 0.461 e. The highest BCUT2D eigenvalue weighted by atomic mass is 32.1. The van der Waals surface area contributed by atoms with Crippen molar-refractivity contribution in [1.82, 2.24) is 0 Å². The average Bonchev–Trinajstić information content (AvgIpc) is 2.75. The SMILES string of the molecule is CCCC1CCC(C2(c3ccccc3OC(F)(F)C(F)F)C=CC(C(=O)S)C=C2F)CC1. The highest BCUT2D eigenvalue weighted by molar-refractivity contribution is 7.96. The minimum atomic E-state index is -4.72. The van der Waals surface area contributed by atoms with E-state index in [0.29, 0.717) is 18.8 Å². The topological polar surface area (TPSA) is 26.3 Å². The van der Waals surface area contributed by atoms with Gasteiger partial charge in [0.05, 0.1) is 11.3 Å². The molecule has 0 aliphatic heterocycles. The number of benzene rings is 1. The van der Waals surface area contributed by atoms with Crippen molar-refractivity contribution >= 4 is 17.7 Å². The summed E-state index contributed by atoms with van der Waals surface area (Å²) in [6.45, 7) is 2.10. The first-order valence-corrected chi connectivity index (χ1v) is 11.3. The molecule has 0 bridgehead atoms. The van der Waals surface area contributed by atoms with Crippen LogP contribution in [0.2, 0.25) is 0 Å². The number of ether oxygens (including phenoxy) is 1. The fourth-order valence-electron chi connectivity index (χ4n) is 5.01. The Balaban J connectivity index is 2.07. The van der Waals surface area contributed by atoms with Gasteiger partial charge in [0.25, 0.3) is 0 Å². The van der Waals surface area contributed by atoms with E-state index in [1.165, 1.54) is 30.4 Å². The van der Waals surface area contributed by atoms with Crippen LogP contribution in [-0.2, 0) is 10.2 Å². The van der Waals surface area contributed by atoms with Crippen LogP contribution in [-0.4, -0.2) is 17.6 Å². The molecule has 0 N–H and O–H groups in total. The Kier molecular flexibility index (Phi) is 7.73. The van der Waals surface area contributed by atoms with Crippen LogP contribution in [0, 0.1) is 17.8 Å². The first kappa shape index (κ1) is 24.8. The van der Waals surface area contributed by atoms with Gasteiger partial charge in [-0.2, -0.15) is 17.6 Å². The Bertz CT molecular complexity index is 877. The molecule has 0 spiro atoms. The van der Waals surface area contributed by atoms with Gasteiger partial charge in [0, 0.05) is 5.56 Å². The molecule has 2 nitrogen and oxygen atoms in total. The summed E-state index contributed by atoms with van der Waals surface area (Å²) in [6.07, 6.45) is 0.457. The molecule has 1 fully saturated rings. The molecule has 2 aliphatic rings. The molecule has 1 aromatic rings. The number of carbonyl (C=O) groups is 1. The number of alkyl halides is 4. The maximum absolute atomic E-state index is 15.8. The molecule has 0 saturated heterocycles. The van der Waals surface area contributed by atoms with E-state index in [4.69, 9.17) is 0 Å². The molecule has 2 atom stereocenters. The highest BCUT2D eigenvalue weighted by Gasteiger charge is 2.50. The molecule has 2 aliphatic carbocycles. The molecule has 1 saturated carbocycles. The lowest BCUT2D eigenvalue weighted by atomic mass is 9.60. The molecule has 0 heterocycles. The van der Waals surface area contributed by atoms with Crippen LogP contribution in [0.4, 0.5) is 22.0 Å². The zero-order valence-corrected chi connectivity index (χ0v) is 18.6. The van der Waals surface area contributed by atoms with Crippen molar-refractivity contribution in [2.75, 3.05) is 0 Å². The lowest BCUT2D eigenvalue weighted by Gasteiger charge is -2.44. The Hall–Kier alpha value is -1.83. The van der Waals surface area contributed by atoms with Gasteiger partial charge in [-0.05, 0) is 36.8 Å². The van der Waals surface area contributed by atoms with E-state index < -0.39 is 40.6 Å². The van der Waals surface area contributed by atoms with E-state index in [1.807, 2.05) is 0 Å². The van der Waals surface area contributed by atoms with E-state index in [0.717, 1.165) is 37.8 Å². The van der Waals surface area contributed by atoms with Crippen molar-refractivity contribution in [3.8, 4) is 5.75 Å². The zero-order valence-electron chi connectivity index (χ0n) is 17.7. The van der Waals surface area contributed by atoms with Crippen LogP contribution in [0.5, 0.6) is 5.75 Å². The van der Waals surface area contributed by atoms with E-state index in [-0.39, 0.29) is 11.5 Å². The molecular weight excluding hydrogens is 447 g/mol. The number of halogens is 5. The predicted octanol–water partition coefficient (Wildman–Crippen LogP) is 7.26. The summed E-state index contributed by atoms with van der Waals surface area (Å²) in [5.74, 6) is -1.86. The second-order valence-corrected chi connectivity index (χ2v) is 9.01. The standard InChI is InChI=1S/C24H27F5O2S/c1-2-5-15-8-10-17(11-9-15)23(13-12-16(21(30)32)14-20(23)25)18-6-3-4-7-19(18)31-24(28,29)22(26)27/h3-4,6-7,12-17,22H,2,5,8-11H2,1H3,(H,30,32). The second kappa shape index (κ2) is 9.98. The first-order chi connectivity index (χ1) is 15.1. The third kappa shape index (κ3) is 4.90. The molecule has 0 amide bonds. The smallest absolute Gasteiger partial charge is 0.428 e. The molecule has 0 radical (unpaired) electrons. The Morgan fingerprint density at radius 2 is 1.88 bits per heavy atom. The number of hydrogen-bond acceptors (Lipinski definition) is 2. The summed E-state index contributed by atoms with van der Waals surface area (Å²) in [7, 11) is 0. The summed E-state index contributed by atoms with van der Waals surface area (Å²) in [5.41, 5.74) is -1.43. The molecule has 176 valence electrons. The van der Waals surface area contributed by atoms with Gasteiger partial charge in [0.1, 0.15) is 11.6 Å². The summed E-state index contributed by atoms with van der Waals surface area (Å²) < 4.78 is 73.5. The van der Waals surface area contributed by atoms with E-state index in [2.05, 4.69) is 24.3 Å². The second-order valence-electron chi connectivity index (χ2n) is 8.57. The summed E-state index contributed by atoms with van der Waals surface area (Å²) in [5, 5.41) is -0.551. The van der Waals surface area contributed by atoms with Crippen molar-refractivity contribution in [3.05, 3.63) is 53.9 Å². The number of para-hydroxylation sites is 1. The van der Waals surface area contributed by atoms with Gasteiger partial charge in [-0.25, -0.2) is 4.39 Å². The van der Waals surface area contributed by atoms with Gasteiger partial charge in [-0.1, -0.05) is 63.0 Å². The van der Waals surface area contributed by atoms with Crippen LogP contribution in [0.15, 0.2) is 48.3 Å². The quantitative estimate of drug-likeness (QED) is 0.244. The van der Waals surface area contributed by atoms with Crippen molar-refractivity contribution in [2.24, 2.45) is 17.8 Å². The van der Waals surface area contributed by atoms with E-state index in [9.17, 15) is 22.4 Å². The van der Waals surface area contributed by atoms with Crippen molar-refractivity contribution in [2.45, 2.75) is 63.4 Å². The van der Waals surface area contributed by atoms with Gasteiger partial charge in [0.15, 0.2) is 5.12 Å². The van der Waals surface area contributed by atoms with E-state index >= 15 is 4.39 Å². The molecule has 0 aromatic heterocycles. The van der Waals surface area contributed by atoms with Crippen molar-refractivity contribution < 1.29 is 31.5 Å². The third-order valence-electron chi connectivity index (χ3n) is 6.59. The van der Waals surface area contributed by atoms with Crippen molar-refractivity contribution in [1.29, 1.82) is 0 Å². The van der Waals surface area contributed by atoms with E-state index in [1.54, 1.807) is 0 Å². The lowest BCUT2D eigenvalue weighted by Crippen LogP contribution is -2.40. The Morgan fingerprint density at radius 1 is 1.22 bits per heavy atom. The fourth-order valence-corrected chi connectivity index (χ4v) is 5.17. The van der Waals surface area contributed by atoms with Gasteiger partial charge < -0.3 is 4.74 Å². The monoisotopic (exact) mass is 474 g/mol. The normalized spacial score (nSPS) is 28.5. The number of hydrogen-bond donors (Lipinski definition) is 1. The minimum Gasteiger partial charge on any atom is -0.428 e. The van der Waals surface area contributed by atoms with Gasteiger partial charge in [-0.3, -0.25) is 4.79 Å². The predicted molar refractivity (Wildman–Crippen MR) is 116 cm³/mol. The summed E-state index contributed by atoms with van der Waals surface area (Å²) in [4.78, 5) is 11.7. The minimum absolute atomic E-state index is 0.0503. The first-order valence-electron chi connectivity index (χ1n) is 10.9. The maximum atomic E-state index is 15.8. The van der Waals surface area contributed by atoms with Crippen LogP contribution >= 0.6 is 12.6 Å². The Labute approximate surface area is 190 Å².